The molecule has 8 heavy (non-hydrogen) atoms. The molecule has 2 heteroatoms. The maximum atomic E-state index is 9.83. The van der Waals surface area contributed by atoms with Gasteiger partial charge in [0.1, 0.15) is 0 Å². The zero-order chi connectivity index (χ0) is 6.24. The van der Waals surface area contributed by atoms with E-state index in [0.29, 0.717) is 0 Å². The van der Waals surface area contributed by atoms with E-state index in [2.05, 4.69) is 26.7 Å². The maximum Gasteiger partial charge on any atom is 0.0822 e. The van der Waals surface area contributed by atoms with Crippen LogP contribution in [0.4, 0.5) is 0 Å². The molecule has 45 valence electrons. The van der Waals surface area contributed by atoms with Crippen LogP contribution in [0.1, 0.15) is 19.3 Å². The molecule has 1 nitrogen and oxygen atoms in total. The van der Waals surface area contributed by atoms with Gasteiger partial charge in [-0.05, 0) is 17.7 Å². The number of hydrogen-bond donors (Lipinski definition) is 0. The van der Waals surface area contributed by atoms with E-state index in [0.717, 1.165) is 19.3 Å². The highest BCUT2D eigenvalue weighted by molar-refractivity contribution is 9.12. The summed E-state index contributed by atoms with van der Waals surface area (Å²) >= 11 is 2.96. The lowest BCUT2D eigenvalue weighted by molar-refractivity contribution is 0.187. The summed E-state index contributed by atoms with van der Waals surface area (Å²) in [7, 11) is 0. The minimum Gasteiger partial charge on any atom is -0.237 e. The maximum absolute atomic E-state index is 9.83. The van der Waals surface area contributed by atoms with Crippen molar-refractivity contribution in [3.8, 4) is 10.8 Å². The van der Waals surface area contributed by atoms with E-state index in [1.165, 1.54) is 0 Å². The minimum atomic E-state index is 0.0317. The predicted molar refractivity (Wildman–Crippen MR) is 36.1 cm³/mol. The van der Waals surface area contributed by atoms with Crippen molar-refractivity contribution in [2.24, 2.45) is 0 Å². The summed E-state index contributed by atoms with van der Waals surface area (Å²) in [6.45, 7) is 0.0317. The van der Waals surface area contributed by atoms with Crippen LogP contribution in [0.2, 0.25) is 0 Å². The van der Waals surface area contributed by atoms with E-state index in [-0.39, 0.29) is 6.61 Å². The van der Waals surface area contributed by atoms with Crippen LogP contribution in [0, 0.1) is 10.8 Å². The molecule has 0 atom stereocenters. The summed E-state index contributed by atoms with van der Waals surface area (Å²) in [4.78, 5) is 2.59. The standard InChI is InChI=1S/C6H8BrO/c7-5-3-1-2-4-6-8/h1-2,4,6H2. The highest BCUT2D eigenvalue weighted by Crippen LogP contribution is 1.91. The first-order valence-electron chi connectivity index (χ1n) is 2.58. The molecule has 0 aromatic carbocycles. The van der Waals surface area contributed by atoms with Gasteiger partial charge in [-0.3, -0.25) is 0 Å². The molecular formula is C6H8BrO. The molecule has 0 amide bonds. The molecule has 0 aliphatic carbocycles. The van der Waals surface area contributed by atoms with E-state index < -0.39 is 0 Å². The number of rotatable bonds is 3. The van der Waals surface area contributed by atoms with Crippen LogP contribution in [0.25, 0.3) is 0 Å². The average molecular weight is 176 g/mol. The van der Waals surface area contributed by atoms with E-state index in [1.807, 2.05) is 0 Å². The fraction of sp³-hybridized carbons (Fsp3) is 0.667. The predicted octanol–water partition coefficient (Wildman–Crippen LogP) is 1.94. The van der Waals surface area contributed by atoms with Gasteiger partial charge in [-0.1, -0.05) is 5.92 Å². The SMILES string of the molecule is [O]CCCCC#CBr. The molecule has 1 radical (unpaired) electrons. The number of halogens is 1. The van der Waals surface area contributed by atoms with Crippen molar-refractivity contribution in [3.63, 3.8) is 0 Å². The van der Waals surface area contributed by atoms with Gasteiger partial charge in [0.2, 0.25) is 0 Å². The lowest BCUT2D eigenvalue weighted by Gasteiger charge is -1.84. The Bertz CT molecular complexity index is 90.4. The lowest BCUT2D eigenvalue weighted by Crippen LogP contribution is -1.77. The van der Waals surface area contributed by atoms with E-state index in [1.54, 1.807) is 0 Å². The number of hydrogen-bond acceptors (Lipinski definition) is 0. The van der Waals surface area contributed by atoms with Gasteiger partial charge < -0.3 is 0 Å². The molecule has 0 rings (SSSR count). The summed E-state index contributed by atoms with van der Waals surface area (Å²) in [6.07, 6.45) is 2.53. The van der Waals surface area contributed by atoms with Crippen molar-refractivity contribution in [1.29, 1.82) is 0 Å². The van der Waals surface area contributed by atoms with E-state index in [9.17, 15) is 5.11 Å². The third-order valence-corrected chi connectivity index (χ3v) is 1.04. The van der Waals surface area contributed by atoms with Crippen LogP contribution in [-0.4, -0.2) is 6.61 Å². The van der Waals surface area contributed by atoms with Crippen LogP contribution in [0.5, 0.6) is 0 Å². The van der Waals surface area contributed by atoms with Crippen LogP contribution < -0.4 is 0 Å². The van der Waals surface area contributed by atoms with Gasteiger partial charge in [0.25, 0.3) is 0 Å². The highest BCUT2D eigenvalue weighted by Gasteiger charge is 1.80. The molecule has 0 aliphatic heterocycles. The molecule has 0 unspecified atom stereocenters. The molecule has 0 bridgehead atoms. The Morgan fingerprint density at radius 2 is 2.12 bits per heavy atom. The van der Waals surface area contributed by atoms with Crippen molar-refractivity contribution in [1.82, 2.24) is 0 Å². The molecule has 0 aromatic rings. The summed E-state index contributed by atoms with van der Waals surface area (Å²) in [6, 6.07) is 0. The monoisotopic (exact) mass is 175 g/mol. The van der Waals surface area contributed by atoms with Crippen LogP contribution in [0.3, 0.4) is 0 Å². The first-order valence-corrected chi connectivity index (χ1v) is 3.37. The van der Waals surface area contributed by atoms with Crippen molar-refractivity contribution in [3.05, 3.63) is 0 Å². The Kier molecular flexibility index (Phi) is 7.00. The Balaban J connectivity index is 2.79. The topological polar surface area (TPSA) is 19.9 Å². The molecule has 0 spiro atoms. The first-order chi connectivity index (χ1) is 3.91. The van der Waals surface area contributed by atoms with Crippen molar-refractivity contribution >= 4 is 15.9 Å². The summed E-state index contributed by atoms with van der Waals surface area (Å²) in [5, 5.41) is 9.83. The zero-order valence-electron chi connectivity index (χ0n) is 4.61. The zero-order valence-corrected chi connectivity index (χ0v) is 6.20. The van der Waals surface area contributed by atoms with Crippen LogP contribution in [0.15, 0.2) is 0 Å². The van der Waals surface area contributed by atoms with Crippen LogP contribution in [-0.2, 0) is 5.11 Å². The Labute approximate surface area is 58.2 Å². The second-order valence-electron chi connectivity index (χ2n) is 1.43. The molecular weight excluding hydrogens is 168 g/mol. The molecule has 0 aliphatic rings. The van der Waals surface area contributed by atoms with Crippen LogP contribution >= 0.6 is 15.9 Å². The molecule has 0 N–H and O–H groups in total. The van der Waals surface area contributed by atoms with Gasteiger partial charge in [-0.15, -0.1) is 0 Å². The Morgan fingerprint density at radius 3 is 2.62 bits per heavy atom. The Morgan fingerprint density at radius 1 is 1.38 bits per heavy atom. The lowest BCUT2D eigenvalue weighted by atomic mass is 10.2. The number of unbranched alkanes of at least 4 members (excludes halogenated alkanes) is 2. The van der Waals surface area contributed by atoms with Gasteiger partial charge in [0.15, 0.2) is 0 Å². The minimum absolute atomic E-state index is 0.0317. The van der Waals surface area contributed by atoms with Crippen molar-refractivity contribution < 1.29 is 5.11 Å². The summed E-state index contributed by atoms with van der Waals surface area (Å²) < 4.78 is 0. The average Bonchev–Trinajstić information content (AvgIpc) is 1.81. The van der Waals surface area contributed by atoms with Crippen molar-refractivity contribution in [2.75, 3.05) is 6.61 Å². The fourth-order valence-corrected chi connectivity index (χ4v) is 0.561. The normalized spacial score (nSPS) is 7.75. The first kappa shape index (κ1) is 8.00. The summed E-state index contributed by atoms with van der Waals surface area (Å²) in [5.41, 5.74) is 0. The van der Waals surface area contributed by atoms with Gasteiger partial charge in [-0.25, -0.2) is 5.11 Å². The molecule has 0 aromatic heterocycles. The fourth-order valence-electron chi connectivity index (χ4n) is 0.363. The van der Waals surface area contributed by atoms with Gasteiger partial charge >= 0.3 is 0 Å². The molecule has 0 saturated carbocycles. The molecule has 0 saturated heterocycles. The van der Waals surface area contributed by atoms with Gasteiger partial charge in [0.05, 0.1) is 6.61 Å². The van der Waals surface area contributed by atoms with E-state index >= 15 is 0 Å². The van der Waals surface area contributed by atoms with E-state index in [4.69, 9.17) is 0 Å². The quantitative estimate of drug-likeness (QED) is 0.462. The molecule has 0 heterocycles. The summed E-state index contributed by atoms with van der Waals surface area (Å²) in [5.74, 6) is 2.81. The largest absolute Gasteiger partial charge is 0.237 e. The van der Waals surface area contributed by atoms with Crippen molar-refractivity contribution in [2.45, 2.75) is 19.3 Å². The third-order valence-electron chi connectivity index (χ3n) is 0.763. The molecule has 0 fully saturated rings. The smallest absolute Gasteiger partial charge is 0.0822 e. The second kappa shape index (κ2) is 7.00. The third kappa shape index (κ3) is 6.00. The Hall–Kier alpha value is 0. The van der Waals surface area contributed by atoms with Gasteiger partial charge in [-0.2, -0.15) is 0 Å². The highest BCUT2D eigenvalue weighted by atomic mass is 79.9. The van der Waals surface area contributed by atoms with Gasteiger partial charge in [0, 0.05) is 22.4 Å². The second-order valence-corrected chi connectivity index (χ2v) is 1.83.